The number of amides is 2. The zero-order valence-electron chi connectivity index (χ0n) is 23.2. The number of ether oxygens (including phenoxy) is 2. The number of carbonyl (C=O) groups is 1. The van der Waals surface area contributed by atoms with E-state index in [4.69, 9.17) is 9.47 Å². The van der Waals surface area contributed by atoms with Crippen molar-refractivity contribution in [1.29, 1.82) is 0 Å². The van der Waals surface area contributed by atoms with E-state index in [1.165, 1.54) is 12.1 Å². The van der Waals surface area contributed by atoms with Crippen molar-refractivity contribution in [2.24, 2.45) is 5.92 Å². The average molecular weight is 534 g/mol. The summed E-state index contributed by atoms with van der Waals surface area (Å²) in [5.41, 5.74) is 2.78. The third-order valence-corrected chi connectivity index (χ3v) is 6.95. The molecule has 0 bridgehead atoms. The number of hydrogen-bond donors (Lipinski definition) is 1. The summed E-state index contributed by atoms with van der Waals surface area (Å²) in [6, 6.07) is 22.1. The summed E-state index contributed by atoms with van der Waals surface area (Å²) in [6.45, 7) is 7.82. The Kier molecular flexibility index (Phi) is 10.2. The van der Waals surface area contributed by atoms with E-state index in [2.05, 4.69) is 31.1 Å². The molecule has 1 aliphatic heterocycles. The fourth-order valence-electron chi connectivity index (χ4n) is 4.63. The van der Waals surface area contributed by atoms with Crippen LogP contribution in [0.15, 0.2) is 72.8 Å². The molecule has 0 aromatic heterocycles. The highest BCUT2D eigenvalue weighted by molar-refractivity contribution is 5.74. The molecule has 7 heteroatoms. The number of urea groups is 1. The third kappa shape index (κ3) is 8.72. The maximum atomic E-state index is 14.2. The van der Waals surface area contributed by atoms with Gasteiger partial charge in [0.05, 0.1) is 13.2 Å². The second kappa shape index (κ2) is 14.0. The number of halogens is 1. The van der Waals surface area contributed by atoms with Crippen molar-refractivity contribution in [1.82, 2.24) is 15.1 Å². The van der Waals surface area contributed by atoms with Crippen molar-refractivity contribution in [3.63, 3.8) is 0 Å². The molecule has 1 fully saturated rings. The van der Waals surface area contributed by atoms with Crippen molar-refractivity contribution < 1.29 is 18.7 Å². The van der Waals surface area contributed by atoms with Gasteiger partial charge in [-0.3, -0.25) is 0 Å². The Morgan fingerprint density at radius 1 is 1.00 bits per heavy atom. The molecule has 1 heterocycles. The van der Waals surface area contributed by atoms with E-state index in [1.807, 2.05) is 59.5 Å². The van der Waals surface area contributed by atoms with Crippen LogP contribution in [0.3, 0.4) is 0 Å². The lowest BCUT2D eigenvalue weighted by atomic mass is 10.0. The van der Waals surface area contributed by atoms with E-state index in [0.29, 0.717) is 38.0 Å². The lowest BCUT2D eigenvalue weighted by Gasteiger charge is -2.37. The molecule has 6 nitrogen and oxygen atoms in total. The van der Waals surface area contributed by atoms with Gasteiger partial charge in [-0.05, 0) is 68.2 Å². The molecular weight excluding hydrogens is 493 g/mol. The number of hydrogen-bond acceptors (Lipinski definition) is 4. The highest BCUT2D eigenvalue weighted by Crippen LogP contribution is 2.26. The molecule has 0 aliphatic carbocycles. The minimum atomic E-state index is -0.363. The van der Waals surface area contributed by atoms with Gasteiger partial charge in [-0.1, -0.05) is 62.4 Å². The molecule has 208 valence electrons. The Bertz CT molecular complexity index is 1180. The van der Waals surface area contributed by atoms with Gasteiger partial charge in [-0.25, -0.2) is 9.18 Å². The molecule has 0 radical (unpaired) electrons. The van der Waals surface area contributed by atoms with Crippen LogP contribution in [-0.2, 0) is 19.7 Å². The van der Waals surface area contributed by atoms with Crippen molar-refractivity contribution >= 4 is 6.03 Å². The molecule has 1 saturated heterocycles. The highest BCUT2D eigenvalue weighted by atomic mass is 19.1. The van der Waals surface area contributed by atoms with Crippen molar-refractivity contribution in [3.05, 3.63) is 95.3 Å². The minimum Gasteiger partial charge on any atom is -0.493 e. The molecule has 0 saturated carbocycles. The van der Waals surface area contributed by atoms with Crippen LogP contribution in [0.25, 0.3) is 0 Å². The Morgan fingerprint density at radius 3 is 2.41 bits per heavy atom. The SMILES string of the molecule is CC(C)COc1ccc(CNC(=O)N(Cc2ccc(F)cc2OCc2ccccc2)C2CCN(C)CC2)cc1. The Hall–Kier alpha value is -3.58. The first-order valence-electron chi connectivity index (χ1n) is 13.8. The number of nitrogens with one attached hydrogen (secondary N) is 1. The van der Waals surface area contributed by atoms with Gasteiger partial charge in [-0.15, -0.1) is 0 Å². The van der Waals surface area contributed by atoms with Gasteiger partial charge in [0.15, 0.2) is 0 Å². The van der Waals surface area contributed by atoms with Gasteiger partial charge in [0.2, 0.25) is 0 Å². The van der Waals surface area contributed by atoms with Crippen LogP contribution < -0.4 is 14.8 Å². The molecule has 2 amide bonds. The van der Waals surface area contributed by atoms with Crippen LogP contribution in [0.2, 0.25) is 0 Å². The first kappa shape index (κ1) is 28.4. The highest BCUT2D eigenvalue weighted by Gasteiger charge is 2.28. The van der Waals surface area contributed by atoms with Gasteiger partial charge in [-0.2, -0.15) is 0 Å². The maximum Gasteiger partial charge on any atom is 0.318 e. The van der Waals surface area contributed by atoms with Crippen molar-refractivity contribution in [3.8, 4) is 11.5 Å². The second-order valence-electron chi connectivity index (χ2n) is 10.7. The van der Waals surface area contributed by atoms with E-state index in [-0.39, 0.29) is 17.9 Å². The monoisotopic (exact) mass is 533 g/mol. The van der Waals surface area contributed by atoms with E-state index in [1.54, 1.807) is 6.07 Å². The van der Waals surface area contributed by atoms with Crippen LogP contribution in [-0.4, -0.2) is 48.6 Å². The minimum absolute atomic E-state index is 0.0834. The molecule has 39 heavy (non-hydrogen) atoms. The number of carbonyl (C=O) groups excluding carboxylic acids is 1. The van der Waals surface area contributed by atoms with Crippen LogP contribution in [0.5, 0.6) is 11.5 Å². The molecule has 1 aliphatic rings. The normalized spacial score (nSPS) is 14.3. The number of benzene rings is 3. The van der Waals surface area contributed by atoms with Gasteiger partial charge < -0.3 is 24.6 Å². The van der Waals surface area contributed by atoms with Crippen molar-refractivity contribution in [2.45, 2.75) is 52.4 Å². The first-order valence-corrected chi connectivity index (χ1v) is 13.8. The van der Waals surface area contributed by atoms with Gasteiger partial charge in [0.25, 0.3) is 0 Å². The van der Waals surface area contributed by atoms with Gasteiger partial charge in [0.1, 0.15) is 23.9 Å². The van der Waals surface area contributed by atoms with E-state index in [0.717, 1.165) is 48.4 Å². The van der Waals surface area contributed by atoms with E-state index in [9.17, 15) is 9.18 Å². The summed E-state index contributed by atoms with van der Waals surface area (Å²) < 4.78 is 26.0. The summed E-state index contributed by atoms with van der Waals surface area (Å²) >= 11 is 0. The molecule has 3 aromatic rings. The quantitative estimate of drug-likeness (QED) is 0.317. The molecule has 0 unspecified atom stereocenters. The lowest BCUT2D eigenvalue weighted by Crippen LogP contribution is -2.49. The van der Waals surface area contributed by atoms with Crippen LogP contribution >= 0.6 is 0 Å². The van der Waals surface area contributed by atoms with Gasteiger partial charge in [0, 0.05) is 24.2 Å². The lowest BCUT2D eigenvalue weighted by molar-refractivity contribution is 0.126. The van der Waals surface area contributed by atoms with E-state index < -0.39 is 0 Å². The Morgan fingerprint density at radius 2 is 1.72 bits per heavy atom. The smallest absolute Gasteiger partial charge is 0.318 e. The molecule has 0 spiro atoms. The zero-order valence-corrected chi connectivity index (χ0v) is 23.2. The third-order valence-electron chi connectivity index (χ3n) is 6.95. The predicted molar refractivity (Wildman–Crippen MR) is 152 cm³/mol. The van der Waals surface area contributed by atoms with Crippen LogP contribution in [0.1, 0.15) is 43.4 Å². The average Bonchev–Trinajstić information content (AvgIpc) is 2.95. The van der Waals surface area contributed by atoms with Crippen molar-refractivity contribution in [2.75, 3.05) is 26.7 Å². The fraction of sp³-hybridized carbons (Fsp3) is 0.406. The molecular formula is C32H40FN3O3. The molecule has 4 rings (SSSR count). The maximum absolute atomic E-state index is 14.2. The largest absolute Gasteiger partial charge is 0.493 e. The molecule has 0 atom stereocenters. The summed E-state index contributed by atoms with van der Waals surface area (Å²) in [5.74, 6) is 1.38. The molecule has 1 N–H and O–H groups in total. The molecule has 3 aromatic carbocycles. The number of piperidine rings is 1. The summed E-state index contributed by atoms with van der Waals surface area (Å²) in [4.78, 5) is 17.7. The van der Waals surface area contributed by atoms with Gasteiger partial charge >= 0.3 is 6.03 Å². The summed E-state index contributed by atoms with van der Waals surface area (Å²) in [7, 11) is 2.10. The van der Waals surface area contributed by atoms with Crippen LogP contribution in [0.4, 0.5) is 9.18 Å². The zero-order chi connectivity index (χ0) is 27.6. The number of rotatable bonds is 11. The standard InChI is InChI=1S/C32H40FN3O3/c1-24(2)22-38-30-13-9-25(10-14-30)20-34-32(37)36(29-15-17-35(3)18-16-29)21-27-11-12-28(33)19-31(27)39-23-26-7-5-4-6-8-26/h4-14,19,24,29H,15-18,20-23H2,1-3H3,(H,34,37). The second-order valence-corrected chi connectivity index (χ2v) is 10.7. The fourth-order valence-corrected chi connectivity index (χ4v) is 4.63. The summed E-state index contributed by atoms with van der Waals surface area (Å²) in [5, 5.41) is 3.10. The topological polar surface area (TPSA) is 54.0 Å². The predicted octanol–water partition coefficient (Wildman–Crippen LogP) is 6.25. The van der Waals surface area contributed by atoms with Crippen LogP contribution in [0, 0.1) is 11.7 Å². The Balaban J connectivity index is 1.45. The first-order chi connectivity index (χ1) is 18.9. The Labute approximate surface area is 231 Å². The summed E-state index contributed by atoms with van der Waals surface area (Å²) in [6.07, 6.45) is 1.76. The van der Waals surface area contributed by atoms with E-state index >= 15 is 0 Å². The number of nitrogens with zero attached hydrogens (tertiary/aromatic N) is 2. The number of likely N-dealkylation sites (tertiary alicyclic amines) is 1.